The van der Waals surface area contributed by atoms with E-state index in [1.807, 2.05) is 18.4 Å². The number of carboxylic acid groups (broad SMARTS) is 1. The number of hydrogen-bond acceptors (Lipinski definition) is 3. The van der Waals surface area contributed by atoms with Gasteiger partial charge in [0.25, 0.3) is 0 Å². The topological polar surface area (TPSA) is 69.6 Å². The monoisotopic (exact) mass is 268 g/mol. The number of aliphatic carboxylic acids is 1. The van der Waals surface area contributed by atoms with Crippen molar-refractivity contribution in [2.75, 3.05) is 13.1 Å². The quantitative estimate of drug-likeness (QED) is 0.872. The fourth-order valence-corrected chi connectivity index (χ4v) is 2.81. The first kappa shape index (κ1) is 12.9. The second-order valence-corrected chi connectivity index (χ2v) is 5.56. The number of urea groups is 1. The van der Waals surface area contributed by atoms with Crippen LogP contribution < -0.4 is 5.32 Å². The molecule has 2 rings (SSSR count). The van der Waals surface area contributed by atoms with Gasteiger partial charge in [0, 0.05) is 23.9 Å². The molecule has 2 N–H and O–H groups in total. The Morgan fingerprint density at radius 2 is 2.28 bits per heavy atom. The Balaban J connectivity index is 1.71. The van der Waals surface area contributed by atoms with Crippen LogP contribution in [0.2, 0.25) is 0 Å². The number of likely N-dealkylation sites (tertiary alicyclic amines) is 1. The number of nitrogens with zero attached hydrogens (tertiary/aromatic N) is 1. The molecule has 0 aliphatic carbocycles. The van der Waals surface area contributed by atoms with Crippen molar-refractivity contribution >= 4 is 23.3 Å². The number of rotatable bonds is 4. The first-order valence-corrected chi connectivity index (χ1v) is 6.71. The Morgan fingerprint density at radius 1 is 1.56 bits per heavy atom. The smallest absolute Gasteiger partial charge is 0.317 e. The number of carboxylic acids is 1. The lowest BCUT2D eigenvalue weighted by Gasteiger charge is -2.38. The van der Waals surface area contributed by atoms with Gasteiger partial charge in [0.2, 0.25) is 0 Å². The van der Waals surface area contributed by atoms with Crippen molar-refractivity contribution in [2.45, 2.75) is 19.9 Å². The molecule has 1 aliphatic heterocycles. The van der Waals surface area contributed by atoms with E-state index in [-0.39, 0.29) is 18.4 Å². The molecule has 5 nitrogen and oxygen atoms in total. The third kappa shape index (κ3) is 3.01. The molecule has 1 aromatic rings. The summed E-state index contributed by atoms with van der Waals surface area (Å²) in [7, 11) is 0. The van der Waals surface area contributed by atoms with Crippen LogP contribution in [0.25, 0.3) is 0 Å². The Labute approximate surface area is 109 Å². The number of thiophene rings is 1. The molecule has 2 heterocycles. The summed E-state index contributed by atoms with van der Waals surface area (Å²) < 4.78 is 0. The van der Waals surface area contributed by atoms with E-state index in [0.29, 0.717) is 19.6 Å². The summed E-state index contributed by atoms with van der Waals surface area (Å²) in [5.41, 5.74) is 1.19. The maximum atomic E-state index is 11.7. The van der Waals surface area contributed by atoms with Gasteiger partial charge >= 0.3 is 12.0 Å². The molecule has 0 aromatic carbocycles. The van der Waals surface area contributed by atoms with E-state index in [9.17, 15) is 9.59 Å². The standard InChI is InChI=1S/C12H16N2O3S/c1-8-2-3-18-10(8)5-13-12(17)14-6-9(7-14)4-11(15)16/h2-3,9H,4-7H2,1H3,(H,13,17)(H,15,16). The third-order valence-corrected chi connectivity index (χ3v) is 4.10. The zero-order valence-electron chi connectivity index (χ0n) is 10.2. The maximum Gasteiger partial charge on any atom is 0.317 e. The molecule has 0 atom stereocenters. The molecule has 2 amide bonds. The van der Waals surface area contributed by atoms with Crippen molar-refractivity contribution in [3.8, 4) is 0 Å². The van der Waals surface area contributed by atoms with Crippen molar-refractivity contribution in [3.63, 3.8) is 0 Å². The maximum absolute atomic E-state index is 11.7. The van der Waals surface area contributed by atoms with Crippen LogP contribution in [0.4, 0.5) is 4.79 Å². The van der Waals surface area contributed by atoms with Crippen LogP contribution in [0, 0.1) is 12.8 Å². The van der Waals surface area contributed by atoms with Crippen molar-refractivity contribution in [1.82, 2.24) is 10.2 Å². The molecule has 1 aromatic heterocycles. The van der Waals surface area contributed by atoms with Gasteiger partial charge in [0.15, 0.2) is 0 Å². The van der Waals surface area contributed by atoms with Crippen molar-refractivity contribution < 1.29 is 14.7 Å². The van der Waals surface area contributed by atoms with E-state index in [1.165, 1.54) is 5.56 Å². The average Bonchev–Trinajstić information content (AvgIpc) is 2.65. The van der Waals surface area contributed by atoms with Crippen molar-refractivity contribution in [1.29, 1.82) is 0 Å². The minimum absolute atomic E-state index is 0.107. The molecule has 6 heteroatoms. The predicted octanol–water partition coefficient (Wildman–Crippen LogP) is 1.67. The molecule has 98 valence electrons. The van der Waals surface area contributed by atoms with E-state index in [2.05, 4.69) is 5.32 Å². The highest BCUT2D eigenvalue weighted by atomic mass is 32.1. The van der Waals surface area contributed by atoms with E-state index < -0.39 is 5.97 Å². The van der Waals surface area contributed by atoms with Crippen LogP contribution in [-0.4, -0.2) is 35.1 Å². The first-order valence-electron chi connectivity index (χ1n) is 5.84. The highest BCUT2D eigenvalue weighted by Gasteiger charge is 2.31. The number of carbonyl (C=O) groups excluding carboxylic acids is 1. The lowest BCUT2D eigenvalue weighted by atomic mass is 9.97. The van der Waals surface area contributed by atoms with Crippen LogP contribution >= 0.6 is 11.3 Å². The number of nitrogens with one attached hydrogen (secondary N) is 1. The lowest BCUT2D eigenvalue weighted by molar-refractivity contribution is -0.139. The highest BCUT2D eigenvalue weighted by molar-refractivity contribution is 7.10. The van der Waals surface area contributed by atoms with Gasteiger partial charge in [-0.05, 0) is 23.9 Å². The number of aryl methyl sites for hydroxylation is 1. The zero-order chi connectivity index (χ0) is 13.1. The highest BCUT2D eigenvalue weighted by Crippen LogP contribution is 2.19. The van der Waals surface area contributed by atoms with E-state index in [1.54, 1.807) is 16.2 Å². The Hall–Kier alpha value is -1.56. The van der Waals surface area contributed by atoms with Gasteiger partial charge in [-0.25, -0.2) is 4.79 Å². The number of amides is 2. The van der Waals surface area contributed by atoms with Crippen LogP contribution in [0.5, 0.6) is 0 Å². The minimum atomic E-state index is -0.797. The number of carbonyl (C=O) groups is 2. The van der Waals surface area contributed by atoms with Gasteiger partial charge in [0.1, 0.15) is 0 Å². The molecule has 0 radical (unpaired) electrons. The van der Waals surface area contributed by atoms with Gasteiger partial charge < -0.3 is 15.3 Å². The van der Waals surface area contributed by atoms with Crippen LogP contribution in [0.3, 0.4) is 0 Å². The molecule has 1 aliphatic rings. The molecular formula is C12H16N2O3S. The lowest BCUT2D eigenvalue weighted by Crippen LogP contribution is -2.54. The third-order valence-electron chi connectivity index (χ3n) is 3.08. The van der Waals surface area contributed by atoms with Gasteiger partial charge in [-0.1, -0.05) is 0 Å². The van der Waals surface area contributed by atoms with Crippen molar-refractivity contribution in [3.05, 3.63) is 21.9 Å². The van der Waals surface area contributed by atoms with E-state index in [4.69, 9.17) is 5.11 Å². The summed E-state index contributed by atoms with van der Waals surface area (Å²) in [6.45, 7) is 3.65. The van der Waals surface area contributed by atoms with Gasteiger partial charge in [-0.3, -0.25) is 4.79 Å². The summed E-state index contributed by atoms with van der Waals surface area (Å²) in [4.78, 5) is 25.0. The Kier molecular flexibility index (Phi) is 3.86. The summed E-state index contributed by atoms with van der Waals surface area (Å²) in [5.74, 6) is -0.689. The van der Waals surface area contributed by atoms with Gasteiger partial charge in [-0.2, -0.15) is 0 Å². The summed E-state index contributed by atoms with van der Waals surface area (Å²) >= 11 is 1.63. The molecule has 0 saturated carbocycles. The Morgan fingerprint density at radius 3 is 2.83 bits per heavy atom. The van der Waals surface area contributed by atoms with Crippen LogP contribution in [0.15, 0.2) is 11.4 Å². The summed E-state index contributed by atoms with van der Waals surface area (Å²) in [5, 5.41) is 13.5. The molecule has 1 fully saturated rings. The molecule has 0 unspecified atom stereocenters. The van der Waals surface area contributed by atoms with E-state index >= 15 is 0 Å². The first-order chi connectivity index (χ1) is 8.56. The van der Waals surface area contributed by atoms with E-state index in [0.717, 1.165) is 4.88 Å². The molecule has 0 bridgehead atoms. The minimum Gasteiger partial charge on any atom is -0.481 e. The number of hydrogen-bond donors (Lipinski definition) is 2. The second-order valence-electron chi connectivity index (χ2n) is 4.55. The van der Waals surface area contributed by atoms with Crippen molar-refractivity contribution in [2.24, 2.45) is 5.92 Å². The Bertz CT molecular complexity index is 452. The largest absolute Gasteiger partial charge is 0.481 e. The van der Waals surface area contributed by atoms with Gasteiger partial charge in [-0.15, -0.1) is 11.3 Å². The molecular weight excluding hydrogens is 252 g/mol. The van der Waals surface area contributed by atoms with Crippen LogP contribution in [0.1, 0.15) is 16.9 Å². The normalized spacial score (nSPS) is 15.3. The molecule has 0 spiro atoms. The van der Waals surface area contributed by atoms with Gasteiger partial charge in [0.05, 0.1) is 13.0 Å². The molecule has 1 saturated heterocycles. The second kappa shape index (κ2) is 5.39. The van der Waals surface area contributed by atoms with Crippen LogP contribution in [-0.2, 0) is 11.3 Å². The fourth-order valence-electron chi connectivity index (χ4n) is 1.96. The predicted molar refractivity (Wildman–Crippen MR) is 68.6 cm³/mol. The molecule has 18 heavy (non-hydrogen) atoms. The average molecular weight is 268 g/mol. The summed E-state index contributed by atoms with van der Waals surface area (Å²) in [6, 6.07) is 1.92. The SMILES string of the molecule is Cc1ccsc1CNC(=O)N1CC(CC(=O)O)C1. The summed E-state index contributed by atoms with van der Waals surface area (Å²) in [6.07, 6.45) is 0.147. The zero-order valence-corrected chi connectivity index (χ0v) is 11.0. The fraction of sp³-hybridized carbons (Fsp3) is 0.500.